The van der Waals surface area contributed by atoms with E-state index in [0.717, 1.165) is 25.1 Å². The largest absolute Gasteiger partial charge is 0.492 e. The molecule has 1 aliphatic rings. The highest BCUT2D eigenvalue weighted by Gasteiger charge is 2.25. The van der Waals surface area contributed by atoms with Gasteiger partial charge in [0.05, 0.1) is 12.6 Å². The second-order valence-corrected chi connectivity index (χ2v) is 5.76. The lowest BCUT2D eigenvalue weighted by atomic mass is 9.90. The molecular formula is C17H26N2O2. The summed E-state index contributed by atoms with van der Waals surface area (Å²) in [6.07, 6.45) is 3.28. The second-order valence-electron chi connectivity index (χ2n) is 5.76. The molecule has 0 aromatic heterocycles. The maximum Gasteiger partial charge on any atom is 0.237 e. The minimum Gasteiger partial charge on any atom is -0.492 e. The number of rotatable bonds is 6. The fourth-order valence-corrected chi connectivity index (χ4v) is 2.74. The quantitative estimate of drug-likeness (QED) is 0.790. The van der Waals surface area contributed by atoms with Crippen LogP contribution in [0.4, 0.5) is 0 Å². The molecule has 2 unspecified atom stereocenters. The summed E-state index contributed by atoms with van der Waals surface area (Å²) in [6, 6.07) is 7.90. The molecule has 1 heterocycles. The third-order valence-electron chi connectivity index (χ3n) is 4.07. The van der Waals surface area contributed by atoms with Crippen LogP contribution in [0.5, 0.6) is 5.75 Å². The molecule has 1 aliphatic heterocycles. The van der Waals surface area contributed by atoms with Crippen LogP contribution in [0.2, 0.25) is 0 Å². The number of amides is 1. The zero-order valence-electron chi connectivity index (χ0n) is 13.0. The smallest absolute Gasteiger partial charge is 0.237 e. The molecule has 0 radical (unpaired) electrons. The van der Waals surface area contributed by atoms with Crippen molar-refractivity contribution in [3.63, 3.8) is 0 Å². The maximum atomic E-state index is 12.1. The molecule has 4 heteroatoms. The Morgan fingerprint density at radius 3 is 3.10 bits per heavy atom. The lowest BCUT2D eigenvalue weighted by molar-refractivity contribution is -0.124. The molecular weight excluding hydrogens is 264 g/mol. The first-order chi connectivity index (χ1) is 10.2. The molecule has 0 aliphatic carbocycles. The number of carbonyl (C=O) groups excluding carboxylic acids is 1. The van der Waals surface area contributed by atoms with E-state index in [1.807, 2.05) is 31.2 Å². The minimum absolute atomic E-state index is 0.0392. The number of piperidine rings is 1. The molecule has 1 aromatic rings. The van der Waals surface area contributed by atoms with Crippen LogP contribution in [0, 0.1) is 12.8 Å². The Kier molecular flexibility index (Phi) is 6.05. The van der Waals surface area contributed by atoms with Crippen molar-refractivity contribution in [1.82, 2.24) is 10.6 Å². The predicted octanol–water partition coefficient (Wildman–Crippen LogP) is 2.27. The molecule has 2 atom stereocenters. The Bertz CT molecular complexity index is 462. The molecule has 1 saturated heterocycles. The molecule has 2 N–H and O–H groups in total. The van der Waals surface area contributed by atoms with Gasteiger partial charge in [0.2, 0.25) is 5.91 Å². The van der Waals surface area contributed by atoms with Gasteiger partial charge in [0, 0.05) is 0 Å². The van der Waals surface area contributed by atoms with E-state index in [9.17, 15) is 4.79 Å². The normalized spacial score (nSPS) is 21.8. The Morgan fingerprint density at radius 1 is 1.48 bits per heavy atom. The number of benzene rings is 1. The van der Waals surface area contributed by atoms with Crippen LogP contribution < -0.4 is 15.4 Å². The molecule has 2 rings (SSSR count). The Morgan fingerprint density at radius 2 is 2.33 bits per heavy atom. The van der Waals surface area contributed by atoms with Gasteiger partial charge in [-0.25, -0.2) is 0 Å². The fourth-order valence-electron chi connectivity index (χ4n) is 2.74. The van der Waals surface area contributed by atoms with E-state index >= 15 is 0 Å². The zero-order valence-corrected chi connectivity index (χ0v) is 13.0. The zero-order chi connectivity index (χ0) is 15.1. The van der Waals surface area contributed by atoms with E-state index < -0.39 is 0 Å². The van der Waals surface area contributed by atoms with Crippen LogP contribution in [0.25, 0.3) is 0 Å². The number of aryl methyl sites for hydroxylation is 1. The van der Waals surface area contributed by atoms with Crippen molar-refractivity contribution in [2.24, 2.45) is 5.92 Å². The summed E-state index contributed by atoms with van der Waals surface area (Å²) in [5, 5.41) is 6.25. The monoisotopic (exact) mass is 290 g/mol. The number of carbonyl (C=O) groups is 1. The van der Waals surface area contributed by atoms with Crippen molar-refractivity contribution in [3.8, 4) is 5.75 Å². The van der Waals surface area contributed by atoms with Crippen LogP contribution >= 0.6 is 0 Å². The van der Waals surface area contributed by atoms with Crippen LogP contribution in [-0.4, -0.2) is 31.6 Å². The van der Waals surface area contributed by atoms with E-state index in [1.54, 1.807) is 0 Å². The standard InChI is InChI=1S/C17H26N2O2/c1-3-14-7-8-18-16(12-14)17(20)19-9-10-21-15-6-4-5-13(2)11-15/h4-6,11,14,16,18H,3,7-10,12H2,1-2H3,(H,19,20). The average molecular weight is 290 g/mol. The predicted molar refractivity (Wildman–Crippen MR) is 84.5 cm³/mol. The highest BCUT2D eigenvalue weighted by atomic mass is 16.5. The fraction of sp³-hybridized carbons (Fsp3) is 0.588. The molecule has 21 heavy (non-hydrogen) atoms. The van der Waals surface area contributed by atoms with Crippen LogP contribution in [-0.2, 0) is 4.79 Å². The van der Waals surface area contributed by atoms with E-state index in [4.69, 9.17) is 4.74 Å². The first-order valence-electron chi connectivity index (χ1n) is 7.89. The van der Waals surface area contributed by atoms with E-state index in [0.29, 0.717) is 19.1 Å². The van der Waals surface area contributed by atoms with Crippen LogP contribution in [0.15, 0.2) is 24.3 Å². The van der Waals surface area contributed by atoms with Crippen molar-refractivity contribution in [2.45, 2.75) is 39.2 Å². The molecule has 0 spiro atoms. The number of hydrogen-bond donors (Lipinski definition) is 2. The molecule has 1 aromatic carbocycles. The number of ether oxygens (including phenoxy) is 1. The van der Waals surface area contributed by atoms with Crippen molar-refractivity contribution in [1.29, 1.82) is 0 Å². The summed E-state index contributed by atoms with van der Waals surface area (Å²) >= 11 is 0. The summed E-state index contributed by atoms with van der Waals surface area (Å²) in [4.78, 5) is 12.1. The first-order valence-corrected chi connectivity index (χ1v) is 7.89. The first kappa shape index (κ1) is 15.8. The van der Waals surface area contributed by atoms with Crippen LogP contribution in [0.3, 0.4) is 0 Å². The van der Waals surface area contributed by atoms with Gasteiger partial charge in [-0.3, -0.25) is 4.79 Å². The lowest BCUT2D eigenvalue weighted by Crippen LogP contribution is -2.49. The molecule has 1 fully saturated rings. The third-order valence-corrected chi connectivity index (χ3v) is 4.07. The van der Waals surface area contributed by atoms with Gasteiger partial charge in [-0.1, -0.05) is 25.5 Å². The van der Waals surface area contributed by atoms with Crippen molar-refractivity contribution < 1.29 is 9.53 Å². The van der Waals surface area contributed by atoms with Gasteiger partial charge in [-0.05, 0) is 49.9 Å². The van der Waals surface area contributed by atoms with Crippen LogP contribution in [0.1, 0.15) is 31.7 Å². The summed E-state index contributed by atoms with van der Waals surface area (Å²) in [7, 11) is 0. The summed E-state index contributed by atoms with van der Waals surface area (Å²) in [5.41, 5.74) is 1.17. The minimum atomic E-state index is -0.0392. The van der Waals surface area contributed by atoms with Gasteiger partial charge in [-0.2, -0.15) is 0 Å². The molecule has 116 valence electrons. The Balaban J connectivity index is 1.67. The van der Waals surface area contributed by atoms with E-state index in [-0.39, 0.29) is 11.9 Å². The van der Waals surface area contributed by atoms with E-state index in [1.165, 1.54) is 12.0 Å². The van der Waals surface area contributed by atoms with Crippen molar-refractivity contribution in [3.05, 3.63) is 29.8 Å². The molecule has 0 bridgehead atoms. The lowest BCUT2D eigenvalue weighted by Gasteiger charge is -2.28. The Labute approximate surface area is 127 Å². The topological polar surface area (TPSA) is 50.4 Å². The second kappa shape index (κ2) is 8.03. The summed E-state index contributed by atoms with van der Waals surface area (Å²) in [5.74, 6) is 1.62. The molecule has 4 nitrogen and oxygen atoms in total. The Hall–Kier alpha value is -1.55. The number of nitrogens with one attached hydrogen (secondary N) is 2. The van der Waals surface area contributed by atoms with Gasteiger partial charge in [0.15, 0.2) is 0 Å². The highest BCUT2D eigenvalue weighted by molar-refractivity contribution is 5.81. The van der Waals surface area contributed by atoms with Gasteiger partial charge in [0.25, 0.3) is 0 Å². The van der Waals surface area contributed by atoms with Gasteiger partial charge in [0.1, 0.15) is 12.4 Å². The van der Waals surface area contributed by atoms with Gasteiger partial charge < -0.3 is 15.4 Å². The van der Waals surface area contributed by atoms with E-state index in [2.05, 4.69) is 17.6 Å². The van der Waals surface area contributed by atoms with Gasteiger partial charge in [-0.15, -0.1) is 0 Å². The number of hydrogen-bond acceptors (Lipinski definition) is 3. The average Bonchev–Trinajstić information content (AvgIpc) is 2.51. The third kappa shape index (κ3) is 5.05. The van der Waals surface area contributed by atoms with Crippen molar-refractivity contribution in [2.75, 3.05) is 19.7 Å². The highest BCUT2D eigenvalue weighted by Crippen LogP contribution is 2.19. The summed E-state index contributed by atoms with van der Waals surface area (Å²) < 4.78 is 5.63. The maximum absolute atomic E-state index is 12.1. The molecule has 0 saturated carbocycles. The molecule has 1 amide bonds. The van der Waals surface area contributed by atoms with Gasteiger partial charge >= 0.3 is 0 Å². The summed E-state index contributed by atoms with van der Waals surface area (Å²) in [6.45, 7) is 6.21. The van der Waals surface area contributed by atoms with Crippen molar-refractivity contribution >= 4 is 5.91 Å². The SMILES string of the molecule is CCC1CCNC(C(=O)NCCOc2cccc(C)c2)C1.